The maximum absolute atomic E-state index is 12.1. The number of rotatable bonds is 4. The van der Waals surface area contributed by atoms with E-state index in [4.69, 9.17) is 14.3 Å². The summed E-state index contributed by atoms with van der Waals surface area (Å²) in [7, 11) is -3.88. The summed E-state index contributed by atoms with van der Waals surface area (Å²) in [5.41, 5.74) is -0.0156. The largest absolute Gasteiger partial charge is 0.455 e. The van der Waals surface area contributed by atoms with E-state index in [-0.39, 0.29) is 21.8 Å². The zero-order chi connectivity index (χ0) is 15.7. The van der Waals surface area contributed by atoms with Crippen LogP contribution in [0.25, 0.3) is 0 Å². The molecule has 7 nitrogen and oxygen atoms in total. The summed E-state index contributed by atoms with van der Waals surface area (Å²) in [6.45, 7) is 5.39. The molecule has 0 bridgehead atoms. The number of ether oxygens (including phenoxy) is 1. The van der Waals surface area contributed by atoms with Gasteiger partial charge in [-0.1, -0.05) is 6.92 Å². The Morgan fingerprint density at radius 1 is 1.43 bits per heavy atom. The molecule has 2 rings (SSSR count). The number of carbonyl (C=O) groups excluding carboxylic acids is 1. The zero-order valence-corrected chi connectivity index (χ0v) is 13.0. The normalized spacial score (nSPS) is 18.4. The summed E-state index contributed by atoms with van der Waals surface area (Å²) in [6.07, 6.45) is 1.74. The molecule has 1 saturated heterocycles. The predicted octanol–water partition coefficient (Wildman–Crippen LogP) is 0.782. The van der Waals surface area contributed by atoms with Crippen molar-refractivity contribution in [2.24, 2.45) is 10.6 Å². The van der Waals surface area contributed by atoms with Crippen molar-refractivity contribution in [3.05, 3.63) is 17.6 Å². The predicted molar refractivity (Wildman–Crippen MR) is 75.3 cm³/mol. The first kappa shape index (κ1) is 16.0. The Kier molecular flexibility index (Phi) is 4.40. The maximum Gasteiger partial charge on any atom is 0.287 e. The highest BCUT2D eigenvalue weighted by molar-refractivity contribution is 7.89. The quantitative estimate of drug-likeness (QED) is 0.852. The van der Waals surface area contributed by atoms with Gasteiger partial charge in [0.1, 0.15) is 10.7 Å². The van der Waals surface area contributed by atoms with Crippen LogP contribution >= 0.6 is 0 Å². The third kappa shape index (κ3) is 3.84. The Morgan fingerprint density at radius 2 is 2.05 bits per heavy atom. The topological polar surface area (TPSA) is 112 Å². The summed E-state index contributed by atoms with van der Waals surface area (Å²) in [6, 6.07) is 1.16. The van der Waals surface area contributed by atoms with Crippen LogP contribution in [-0.4, -0.2) is 34.1 Å². The van der Waals surface area contributed by atoms with Crippen molar-refractivity contribution in [2.75, 3.05) is 19.8 Å². The number of hydrogen-bond acceptors (Lipinski definition) is 5. The molecule has 21 heavy (non-hydrogen) atoms. The van der Waals surface area contributed by atoms with Gasteiger partial charge >= 0.3 is 0 Å². The Balaban J connectivity index is 2.04. The van der Waals surface area contributed by atoms with Gasteiger partial charge in [-0.2, -0.15) is 0 Å². The van der Waals surface area contributed by atoms with Crippen LogP contribution in [0.3, 0.4) is 0 Å². The molecule has 118 valence electrons. The highest BCUT2D eigenvalue weighted by atomic mass is 32.2. The van der Waals surface area contributed by atoms with Gasteiger partial charge in [0.2, 0.25) is 10.0 Å². The average molecular weight is 316 g/mol. The summed E-state index contributed by atoms with van der Waals surface area (Å²) in [5, 5.41) is 7.83. The van der Waals surface area contributed by atoms with Gasteiger partial charge in [0.15, 0.2) is 5.76 Å². The van der Waals surface area contributed by atoms with Crippen LogP contribution in [0.2, 0.25) is 0 Å². The molecule has 2 heterocycles. The monoisotopic (exact) mass is 316 g/mol. The molecule has 1 fully saturated rings. The number of primary sulfonamides is 1. The van der Waals surface area contributed by atoms with Gasteiger partial charge in [-0.3, -0.25) is 4.79 Å². The van der Waals surface area contributed by atoms with E-state index >= 15 is 0 Å². The molecule has 1 aromatic rings. The van der Waals surface area contributed by atoms with E-state index < -0.39 is 15.9 Å². The van der Waals surface area contributed by atoms with Gasteiger partial charge in [-0.15, -0.1) is 0 Å². The molecule has 1 amide bonds. The molecule has 1 aromatic heterocycles. The van der Waals surface area contributed by atoms with Crippen LogP contribution < -0.4 is 10.5 Å². The summed E-state index contributed by atoms with van der Waals surface area (Å²) in [5.74, 6) is -0.382. The molecule has 1 aliphatic rings. The lowest BCUT2D eigenvalue weighted by Gasteiger charge is -2.33. The smallest absolute Gasteiger partial charge is 0.287 e. The average Bonchev–Trinajstić information content (AvgIpc) is 2.79. The van der Waals surface area contributed by atoms with Crippen LogP contribution in [0.4, 0.5) is 0 Å². The van der Waals surface area contributed by atoms with Crippen LogP contribution in [0.15, 0.2) is 15.4 Å². The molecule has 0 spiro atoms. The van der Waals surface area contributed by atoms with E-state index in [1.807, 2.05) is 0 Å². The van der Waals surface area contributed by atoms with E-state index in [9.17, 15) is 13.2 Å². The van der Waals surface area contributed by atoms with Crippen LogP contribution in [0, 0.1) is 12.3 Å². The Hall–Kier alpha value is -1.38. The fourth-order valence-corrected chi connectivity index (χ4v) is 3.00. The number of carbonyl (C=O) groups is 1. The van der Waals surface area contributed by atoms with E-state index in [2.05, 4.69) is 12.2 Å². The molecule has 1 aliphatic heterocycles. The molecule has 0 atom stereocenters. The molecule has 0 radical (unpaired) electrons. The molecule has 0 aliphatic carbocycles. The van der Waals surface area contributed by atoms with Crippen molar-refractivity contribution < 1.29 is 22.4 Å². The first-order valence-corrected chi connectivity index (χ1v) is 8.25. The maximum atomic E-state index is 12.1. The minimum Gasteiger partial charge on any atom is -0.455 e. The minimum atomic E-state index is -3.88. The standard InChI is InChI=1S/C13H20N2O5S/c1-9-11(21(14,17)18)7-10(20-9)12(16)15-8-13(2)3-5-19-6-4-13/h7H,3-6,8H2,1-2H3,(H,15,16)(H2,14,17,18). The van der Waals surface area contributed by atoms with Gasteiger partial charge in [0.05, 0.1) is 0 Å². The lowest BCUT2D eigenvalue weighted by Crippen LogP contribution is -2.39. The number of hydrogen-bond donors (Lipinski definition) is 2. The highest BCUT2D eigenvalue weighted by Gasteiger charge is 2.29. The fraction of sp³-hybridized carbons (Fsp3) is 0.615. The van der Waals surface area contributed by atoms with Crippen molar-refractivity contribution in [3.63, 3.8) is 0 Å². The van der Waals surface area contributed by atoms with Gasteiger partial charge in [-0.25, -0.2) is 13.6 Å². The SMILES string of the molecule is Cc1oc(C(=O)NCC2(C)CCOCC2)cc1S(N)(=O)=O. The van der Waals surface area contributed by atoms with Crippen LogP contribution in [0.5, 0.6) is 0 Å². The molecule has 3 N–H and O–H groups in total. The second kappa shape index (κ2) is 5.78. The molecular formula is C13H20N2O5S. The van der Waals surface area contributed by atoms with Crippen molar-refractivity contribution in [3.8, 4) is 0 Å². The Labute approximate surface area is 123 Å². The molecule has 0 aromatic carbocycles. The first-order valence-electron chi connectivity index (χ1n) is 6.70. The third-order valence-corrected chi connectivity index (χ3v) is 4.80. The zero-order valence-electron chi connectivity index (χ0n) is 12.1. The number of nitrogens with two attached hydrogens (primary N) is 1. The summed E-state index contributed by atoms with van der Waals surface area (Å²) < 4.78 is 33.1. The highest BCUT2D eigenvalue weighted by Crippen LogP contribution is 2.28. The molecule has 0 saturated carbocycles. The Bertz CT molecular complexity index is 629. The number of nitrogens with one attached hydrogen (secondary N) is 1. The van der Waals surface area contributed by atoms with Crippen molar-refractivity contribution >= 4 is 15.9 Å². The molecule has 0 unspecified atom stereocenters. The lowest BCUT2D eigenvalue weighted by molar-refractivity contribution is 0.0237. The lowest BCUT2D eigenvalue weighted by atomic mass is 9.82. The molecule has 8 heteroatoms. The molecular weight excluding hydrogens is 296 g/mol. The van der Waals surface area contributed by atoms with E-state index in [1.165, 1.54) is 6.92 Å². The van der Waals surface area contributed by atoms with E-state index in [0.717, 1.165) is 18.9 Å². The van der Waals surface area contributed by atoms with Crippen molar-refractivity contribution in [2.45, 2.75) is 31.6 Å². The second-order valence-electron chi connectivity index (χ2n) is 5.68. The van der Waals surface area contributed by atoms with Crippen LogP contribution in [-0.2, 0) is 14.8 Å². The van der Waals surface area contributed by atoms with E-state index in [0.29, 0.717) is 19.8 Å². The Morgan fingerprint density at radius 3 is 2.57 bits per heavy atom. The van der Waals surface area contributed by atoms with Gasteiger partial charge in [-0.05, 0) is 25.2 Å². The number of aryl methyl sites for hydroxylation is 1. The van der Waals surface area contributed by atoms with E-state index in [1.54, 1.807) is 0 Å². The first-order chi connectivity index (χ1) is 9.71. The number of furan rings is 1. The van der Waals surface area contributed by atoms with Crippen molar-refractivity contribution in [1.82, 2.24) is 5.32 Å². The van der Waals surface area contributed by atoms with Gasteiger partial charge < -0.3 is 14.5 Å². The summed E-state index contributed by atoms with van der Waals surface area (Å²) >= 11 is 0. The second-order valence-corrected chi connectivity index (χ2v) is 7.21. The van der Waals surface area contributed by atoms with Crippen LogP contribution in [0.1, 0.15) is 36.1 Å². The van der Waals surface area contributed by atoms with Gasteiger partial charge in [0, 0.05) is 25.8 Å². The number of sulfonamides is 1. The fourth-order valence-electron chi connectivity index (χ4n) is 2.28. The number of amides is 1. The third-order valence-electron chi connectivity index (χ3n) is 3.78. The van der Waals surface area contributed by atoms with Gasteiger partial charge in [0.25, 0.3) is 5.91 Å². The minimum absolute atomic E-state index is 0.0156. The summed E-state index contributed by atoms with van der Waals surface area (Å²) in [4.78, 5) is 11.9. The van der Waals surface area contributed by atoms with Crippen molar-refractivity contribution in [1.29, 1.82) is 0 Å².